The topological polar surface area (TPSA) is 71.2 Å². The van der Waals surface area contributed by atoms with E-state index in [2.05, 4.69) is 15.2 Å². The maximum atomic E-state index is 11.8. The van der Waals surface area contributed by atoms with Gasteiger partial charge >= 0.3 is 0 Å². The Morgan fingerprint density at radius 3 is 2.45 bits per heavy atom. The number of carbonyl (C=O) groups excluding carboxylic acids is 1. The highest BCUT2D eigenvalue weighted by Crippen LogP contribution is 2.25. The highest BCUT2D eigenvalue weighted by molar-refractivity contribution is 5.99. The van der Waals surface area contributed by atoms with Crippen LogP contribution in [0.4, 0.5) is 5.82 Å². The summed E-state index contributed by atoms with van der Waals surface area (Å²) in [5.41, 5.74) is 7.96. The average molecular weight is 319 g/mol. The van der Waals surface area contributed by atoms with Crippen molar-refractivity contribution in [2.45, 2.75) is 0 Å². The van der Waals surface area contributed by atoms with Gasteiger partial charge in [0, 0.05) is 37.9 Å². The van der Waals surface area contributed by atoms with Crippen molar-refractivity contribution in [3.63, 3.8) is 0 Å². The summed E-state index contributed by atoms with van der Waals surface area (Å²) in [5.74, 6) is 0.248. The van der Waals surface area contributed by atoms with Crippen LogP contribution in [-0.4, -0.2) is 37.1 Å². The number of anilines is 1. The molecule has 1 aliphatic rings. The van der Waals surface area contributed by atoms with Gasteiger partial charge in [-0.25, -0.2) is 4.98 Å². The van der Waals surface area contributed by atoms with Gasteiger partial charge in [-0.15, -0.1) is 12.4 Å². The Morgan fingerprint density at radius 1 is 1.14 bits per heavy atom. The molecule has 6 heteroatoms. The molecule has 3 rings (SSSR count). The first-order valence-electron chi connectivity index (χ1n) is 7.06. The molecular weight excluding hydrogens is 300 g/mol. The van der Waals surface area contributed by atoms with Crippen molar-refractivity contribution in [1.29, 1.82) is 0 Å². The number of pyridine rings is 1. The lowest BCUT2D eigenvalue weighted by Crippen LogP contribution is -2.44. The number of benzene rings is 1. The van der Waals surface area contributed by atoms with Crippen molar-refractivity contribution in [3.05, 3.63) is 48.2 Å². The fourth-order valence-corrected chi connectivity index (χ4v) is 2.56. The van der Waals surface area contributed by atoms with E-state index in [1.165, 1.54) is 0 Å². The smallest absolute Gasteiger partial charge is 0.252 e. The number of halogens is 1. The zero-order valence-electron chi connectivity index (χ0n) is 12.2. The Balaban J connectivity index is 0.00000176. The van der Waals surface area contributed by atoms with Crippen LogP contribution >= 0.6 is 12.4 Å². The number of amides is 1. The number of hydrogen-bond donors (Lipinski definition) is 2. The molecule has 116 valence electrons. The van der Waals surface area contributed by atoms with E-state index in [1.807, 2.05) is 36.4 Å². The van der Waals surface area contributed by atoms with Crippen molar-refractivity contribution in [1.82, 2.24) is 10.3 Å². The van der Waals surface area contributed by atoms with Gasteiger partial charge in [-0.2, -0.15) is 0 Å². The van der Waals surface area contributed by atoms with E-state index < -0.39 is 5.91 Å². The van der Waals surface area contributed by atoms with E-state index in [0.717, 1.165) is 37.3 Å². The number of nitrogens with two attached hydrogens (primary N) is 1. The molecule has 5 nitrogen and oxygen atoms in total. The number of hydrogen-bond acceptors (Lipinski definition) is 4. The summed E-state index contributed by atoms with van der Waals surface area (Å²) in [6.45, 7) is 3.44. The molecule has 3 N–H and O–H groups in total. The Morgan fingerprint density at radius 2 is 1.82 bits per heavy atom. The molecule has 0 spiro atoms. The Bertz CT molecular complexity index is 642. The molecule has 1 fully saturated rings. The van der Waals surface area contributed by atoms with E-state index in [4.69, 9.17) is 5.73 Å². The molecule has 1 amide bonds. The van der Waals surface area contributed by atoms with Crippen LogP contribution in [0.25, 0.3) is 11.1 Å². The molecule has 1 aliphatic heterocycles. The fourth-order valence-electron chi connectivity index (χ4n) is 2.56. The molecule has 1 aromatic heterocycles. The van der Waals surface area contributed by atoms with Crippen molar-refractivity contribution in [2.75, 3.05) is 31.1 Å². The monoisotopic (exact) mass is 318 g/mol. The van der Waals surface area contributed by atoms with E-state index in [1.54, 1.807) is 6.20 Å². The van der Waals surface area contributed by atoms with Gasteiger partial charge in [-0.3, -0.25) is 4.79 Å². The zero-order valence-corrected chi connectivity index (χ0v) is 13.0. The number of nitrogens with one attached hydrogen (secondary N) is 1. The molecule has 0 unspecified atom stereocenters. The van der Waals surface area contributed by atoms with Crippen LogP contribution in [0.1, 0.15) is 10.4 Å². The van der Waals surface area contributed by atoms with Crippen LogP contribution in [-0.2, 0) is 0 Å². The minimum Gasteiger partial charge on any atom is -0.365 e. The Labute approximate surface area is 135 Å². The normalized spacial score (nSPS) is 14.3. The number of carbonyl (C=O) groups is 1. The minimum atomic E-state index is -0.436. The molecule has 0 radical (unpaired) electrons. The predicted molar refractivity (Wildman–Crippen MR) is 90.5 cm³/mol. The quantitative estimate of drug-likeness (QED) is 0.903. The predicted octanol–water partition coefficient (Wildman–Crippen LogP) is 1.68. The van der Waals surface area contributed by atoms with Crippen molar-refractivity contribution in [2.24, 2.45) is 5.73 Å². The van der Waals surface area contributed by atoms with Crippen LogP contribution in [0.2, 0.25) is 0 Å². The van der Waals surface area contributed by atoms with E-state index in [0.29, 0.717) is 11.4 Å². The van der Waals surface area contributed by atoms with Crippen molar-refractivity contribution < 1.29 is 4.79 Å². The first-order valence-corrected chi connectivity index (χ1v) is 7.06. The van der Waals surface area contributed by atoms with Gasteiger partial charge in [0.05, 0.1) is 5.56 Å². The molecule has 1 saturated heterocycles. The van der Waals surface area contributed by atoms with Gasteiger partial charge in [-0.05, 0) is 11.6 Å². The first kappa shape index (κ1) is 16.3. The SMILES string of the molecule is Cl.NC(=O)c1cc(-c2ccccc2)cnc1N1CCNCC1. The summed E-state index contributed by atoms with van der Waals surface area (Å²) in [7, 11) is 0. The lowest BCUT2D eigenvalue weighted by molar-refractivity contribution is 0.100. The van der Waals surface area contributed by atoms with Crippen molar-refractivity contribution in [3.8, 4) is 11.1 Å². The molecule has 2 aromatic rings. The number of rotatable bonds is 3. The lowest BCUT2D eigenvalue weighted by Gasteiger charge is -2.29. The highest BCUT2D eigenvalue weighted by Gasteiger charge is 2.19. The Hall–Kier alpha value is -2.11. The van der Waals surface area contributed by atoms with Crippen LogP contribution in [0.15, 0.2) is 42.6 Å². The van der Waals surface area contributed by atoms with Gasteiger partial charge in [0.1, 0.15) is 5.82 Å². The molecule has 0 bridgehead atoms. The summed E-state index contributed by atoms with van der Waals surface area (Å²) in [5, 5.41) is 3.28. The van der Waals surface area contributed by atoms with Gasteiger partial charge in [0.25, 0.3) is 5.91 Å². The standard InChI is InChI=1S/C16H18N4O.ClH/c17-15(21)14-10-13(12-4-2-1-3-5-12)11-19-16(14)20-8-6-18-7-9-20;/h1-5,10-11,18H,6-9H2,(H2,17,21);1H. The number of primary amides is 1. The molecule has 0 aliphatic carbocycles. The maximum Gasteiger partial charge on any atom is 0.252 e. The van der Waals surface area contributed by atoms with Crippen LogP contribution < -0.4 is 16.0 Å². The second-order valence-corrected chi connectivity index (χ2v) is 5.06. The Kier molecular flexibility index (Phi) is 5.35. The third kappa shape index (κ3) is 3.37. The second-order valence-electron chi connectivity index (χ2n) is 5.06. The van der Waals surface area contributed by atoms with Crippen LogP contribution in [0.3, 0.4) is 0 Å². The zero-order chi connectivity index (χ0) is 14.7. The molecular formula is C16H19ClN4O. The van der Waals surface area contributed by atoms with E-state index in [-0.39, 0.29) is 12.4 Å². The largest absolute Gasteiger partial charge is 0.365 e. The summed E-state index contributed by atoms with van der Waals surface area (Å²) in [4.78, 5) is 18.4. The van der Waals surface area contributed by atoms with Gasteiger partial charge < -0.3 is 16.0 Å². The van der Waals surface area contributed by atoms with E-state index >= 15 is 0 Å². The third-order valence-electron chi connectivity index (χ3n) is 3.66. The minimum absolute atomic E-state index is 0. The van der Waals surface area contributed by atoms with Gasteiger partial charge in [-0.1, -0.05) is 30.3 Å². The highest BCUT2D eigenvalue weighted by atomic mass is 35.5. The lowest BCUT2D eigenvalue weighted by atomic mass is 10.0. The summed E-state index contributed by atoms with van der Waals surface area (Å²) < 4.78 is 0. The van der Waals surface area contributed by atoms with E-state index in [9.17, 15) is 4.79 Å². The molecule has 1 aromatic carbocycles. The molecule has 2 heterocycles. The summed E-state index contributed by atoms with van der Waals surface area (Å²) in [6, 6.07) is 11.7. The first-order chi connectivity index (χ1) is 10.3. The number of aromatic nitrogens is 1. The fraction of sp³-hybridized carbons (Fsp3) is 0.250. The maximum absolute atomic E-state index is 11.8. The van der Waals surface area contributed by atoms with Crippen molar-refractivity contribution >= 4 is 24.1 Å². The number of piperazine rings is 1. The number of nitrogens with zero attached hydrogens (tertiary/aromatic N) is 2. The molecule has 0 saturated carbocycles. The van der Waals surface area contributed by atoms with Gasteiger partial charge in [0.15, 0.2) is 0 Å². The third-order valence-corrected chi connectivity index (χ3v) is 3.66. The summed E-state index contributed by atoms with van der Waals surface area (Å²) >= 11 is 0. The van der Waals surface area contributed by atoms with Crippen LogP contribution in [0.5, 0.6) is 0 Å². The van der Waals surface area contributed by atoms with Gasteiger partial charge in [0.2, 0.25) is 0 Å². The average Bonchev–Trinajstić information content (AvgIpc) is 2.56. The molecule has 0 atom stereocenters. The molecule has 22 heavy (non-hydrogen) atoms. The second kappa shape index (κ2) is 7.24. The van der Waals surface area contributed by atoms with Crippen LogP contribution in [0, 0.1) is 0 Å². The summed E-state index contributed by atoms with van der Waals surface area (Å²) in [6.07, 6.45) is 1.80.